The largest absolute Gasteiger partial charge is 0.379 e. The summed E-state index contributed by atoms with van der Waals surface area (Å²) >= 11 is 1.51. The van der Waals surface area contributed by atoms with Crippen molar-refractivity contribution in [3.8, 4) is 5.75 Å². The molecule has 3 rings (SSSR count). The van der Waals surface area contributed by atoms with Gasteiger partial charge < -0.3 is 4.18 Å². The summed E-state index contributed by atoms with van der Waals surface area (Å²) in [5.74, 6) is 1.06. The molecule has 0 heterocycles. The van der Waals surface area contributed by atoms with E-state index in [1.54, 1.807) is 24.3 Å². The van der Waals surface area contributed by atoms with E-state index in [0.29, 0.717) is 11.3 Å². The monoisotopic (exact) mass is 454 g/mol. The van der Waals surface area contributed by atoms with Gasteiger partial charge in [0.1, 0.15) is 10.6 Å². The number of nitrogens with one attached hydrogen (secondary N) is 1. The maximum atomic E-state index is 12.3. The van der Waals surface area contributed by atoms with Crippen LogP contribution in [0.3, 0.4) is 0 Å². The standard InChI is InChI=1S/C23H22N2O4S2/c1-18-7-13-22(14-8-18)31(27,28)29-21-11-9-19(10-12-21)15-24-25-23(26)17-30-16-20-5-3-2-4-6-20/h2-15H,16-17H2,1H3,(H,25,26). The summed E-state index contributed by atoms with van der Waals surface area (Å²) in [5.41, 5.74) is 5.30. The smallest absolute Gasteiger partial charge is 0.339 e. The number of hydrogen-bond acceptors (Lipinski definition) is 6. The highest BCUT2D eigenvalue weighted by atomic mass is 32.2. The van der Waals surface area contributed by atoms with E-state index >= 15 is 0 Å². The molecule has 0 bridgehead atoms. The molecule has 1 amide bonds. The molecule has 3 aromatic rings. The Morgan fingerprint density at radius 1 is 1.00 bits per heavy atom. The van der Waals surface area contributed by atoms with Gasteiger partial charge in [0.15, 0.2) is 0 Å². The summed E-state index contributed by atoms with van der Waals surface area (Å²) < 4.78 is 29.8. The lowest BCUT2D eigenvalue weighted by Crippen LogP contribution is -2.19. The van der Waals surface area contributed by atoms with Crippen molar-refractivity contribution in [2.75, 3.05) is 5.75 Å². The number of aryl methyl sites for hydroxylation is 1. The molecule has 0 unspecified atom stereocenters. The molecule has 160 valence electrons. The summed E-state index contributed by atoms with van der Waals surface area (Å²) in [5, 5.41) is 3.93. The molecule has 0 spiro atoms. The second kappa shape index (κ2) is 10.8. The van der Waals surface area contributed by atoms with Gasteiger partial charge in [-0.1, -0.05) is 48.0 Å². The third-order valence-electron chi connectivity index (χ3n) is 4.14. The van der Waals surface area contributed by atoms with E-state index in [2.05, 4.69) is 10.5 Å². The summed E-state index contributed by atoms with van der Waals surface area (Å²) in [6.45, 7) is 1.88. The van der Waals surface area contributed by atoms with E-state index in [-0.39, 0.29) is 16.6 Å². The number of amides is 1. The lowest BCUT2D eigenvalue weighted by Gasteiger charge is -2.07. The van der Waals surface area contributed by atoms with Crippen LogP contribution < -0.4 is 9.61 Å². The molecular weight excluding hydrogens is 432 g/mol. The van der Waals surface area contributed by atoms with Crippen molar-refractivity contribution < 1.29 is 17.4 Å². The molecule has 0 aliphatic carbocycles. The first-order valence-electron chi connectivity index (χ1n) is 9.47. The number of carbonyl (C=O) groups excluding carboxylic acids is 1. The number of carbonyl (C=O) groups is 1. The predicted octanol–water partition coefficient (Wildman–Crippen LogP) is 4.15. The molecule has 31 heavy (non-hydrogen) atoms. The van der Waals surface area contributed by atoms with E-state index in [1.807, 2.05) is 37.3 Å². The maximum absolute atomic E-state index is 12.3. The van der Waals surface area contributed by atoms with Crippen LogP contribution in [0.1, 0.15) is 16.7 Å². The van der Waals surface area contributed by atoms with Crippen molar-refractivity contribution in [3.05, 3.63) is 95.6 Å². The lowest BCUT2D eigenvalue weighted by molar-refractivity contribution is -0.118. The zero-order valence-electron chi connectivity index (χ0n) is 16.9. The Labute approximate surface area is 186 Å². The van der Waals surface area contributed by atoms with Crippen LogP contribution in [0.5, 0.6) is 5.75 Å². The minimum absolute atomic E-state index is 0.0941. The van der Waals surface area contributed by atoms with Gasteiger partial charge in [0, 0.05) is 5.75 Å². The minimum atomic E-state index is -3.89. The molecule has 0 aromatic heterocycles. The van der Waals surface area contributed by atoms with E-state index in [9.17, 15) is 13.2 Å². The van der Waals surface area contributed by atoms with E-state index in [0.717, 1.165) is 16.9 Å². The Balaban J connectivity index is 1.46. The molecule has 0 aliphatic rings. The summed E-state index contributed by atoms with van der Waals surface area (Å²) in [7, 11) is -3.89. The zero-order valence-corrected chi connectivity index (χ0v) is 18.5. The Bertz CT molecular complexity index is 1130. The summed E-state index contributed by atoms with van der Waals surface area (Å²) in [4.78, 5) is 12.0. The van der Waals surface area contributed by atoms with Gasteiger partial charge in [0.2, 0.25) is 5.91 Å². The molecular formula is C23H22N2O4S2. The number of rotatable bonds is 9. The average molecular weight is 455 g/mol. The number of benzene rings is 3. The number of nitrogens with zero attached hydrogens (tertiary/aromatic N) is 1. The van der Waals surface area contributed by atoms with E-state index < -0.39 is 10.1 Å². The highest BCUT2D eigenvalue weighted by Crippen LogP contribution is 2.19. The Morgan fingerprint density at radius 2 is 1.68 bits per heavy atom. The van der Waals surface area contributed by atoms with Crippen molar-refractivity contribution in [2.24, 2.45) is 5.10 Å². The first kappa shape index (κ1) is 22.6. The topological polar surface area (TPSA) is 84.8 Å². The van der Waals surface area contributed by atoms with Gasteiger partial charge in [0.05, 0.1) is 12.0 Å². The van der Waals surface area contributed by atoms with Gasteiger partial charge in [-0.25, -0.2) is 5.43 Å². The van der Waals surface area contributed by atoms with Gasteiger partial charge in [-0.15, -0.1) is 11.8 Å². The third-order valence-corrected chi connectivity index (χ3v) is 6.41. The molecule has 3 aromatic carbocycles. The predicted molar refractivity (Wildman–Crippen MR) is 124 cm³/mol. The fraction of sp³-hybridized carbons (Fsp3) is 0.130. The van der Waals surface area contributed by atoms with Gasteiger partial charge in [0.25, 0.3) is 0 Å². The number of hydrazone groups is 1. The first-order chi connectivity index (χ1) is 14.9. The van der Waals surface area contributed by atoms with Crippen LogP contribution in [0.25, 0.3) is 0 Å². The van der Waals surface area contributed by atoms with E-state index in [1.165, 1.54) is 42.2 Å². The summed E-state index contributed by atoms with van der Waals surface area (Å²) in [6.07, 6.45) is 1.48. The molecule has 6 nitrogen and oxygen atoms in total. The lowest BCUT2D eigenvalue weighted by atomic mass is 10.2. The Hall–Kier alpha value is -3.10. The van der Waals surface area contributed by atoms with Crippen molar-refractivity contribution >= 4 is 34.0 Å². The van der Waals surface area contributed by atoms with Crippen molar-refractivity contribution in [1.82, 2.24) is 5.43 Å². The Morgan fingerprint density at radius 3 is 2.35 bits per heavy atom. The molecule has 8 heteroatoms. The van der Waals surface area contributed by atoms with Gasteiger partial charge >= 0.3 is 10.1 Å². The molecule has 0 saturated heterocycles. The summed E-state index contributed by atoms with van der Waals surface area (Å²) in [6, 6.07) is 22.7. The van der Waals surface area contributed by atoms with Crippen LogP contribution >= 0.6 is 11.8 Å². The molecule has 1 N–H and O–H groups in total. The number of hydrogen-bond donors (Lipinski definition) is 1. The maximum Gasteiger partial charge on any atom is 0.339 e. The van der Waals surface area contributed by atoms with Crippen LogP contribution in [0.2, 0.25) is 0 Å². The zero-order chi connectivity index (χ0) is 22.1. The highest BCUT2D eigenvalue weighted by molar-refractivity contribution is 7.99. The van der Waals surface area contributed by atoms with Crippen LogP contribution in [0, 0.1) is 6.92 Å². The van der Waals surface area contributed by atoms with Gasteiger partial charge in [-0.2, -0.15) is 13.5 Å². The van der Waals surface area contributed by atoms with Crippen LogP contribution in [0.15, 0.2) is 88.9 Å². The van der Waals surface area contributed by atoms with Crippen LogP contribution in [0.4, 0.5) is 0 Å². The SMILES string of the molecule is Cc1ccc(S(=O)(=O)Oc2ccc(C=NNC(=O)CSCc3ccccc3)cc2)cc1. The molecule has 0 aliphatic heterocycles. The molecule has 0 atom stereocenters. The molecule has 0 radical (unpaired) electrons. The first-order valence-corrected chi connectivity index (χ1v) is 12.0. The Kier molecular flexibility index (Phi) is 7.86. The fourth-order valence-corrected chi connectivity index (χ4v) is 4.25. The van der Waals surface area contributed by atoms with Crippen LogP contribution in [-0.4, -0.2) is 26.3 Å². The quantitative estimate of drug-likeness (QED) is 0.298. The minimum Gasteiger partial charge on any atom is -0.379 e. The normalized spacial score (nSPS) is 11.4. The van der Waals surface area contributed by atoms with Gasteiger partial charge in [-0.3, -0.25) is 4.79 Å². The average Bonchev–Trinajstić information content (AvgIpc) is 2.76. The van der Waals surface area contributed by atoms with Gasteiger partial charge in [-0.05, 0) is 54.4 Å². The molecule has 0 saturated carbocycles. The fourth-order valence-electron chi connectivity index (χ4n) is 2.54. The second-order valence-corrected chi connectivity index (χ2v) is 9.22. The third kappa shape index (κ3) is 7.27. The van der Waals surface area contributed by atoms with Crippen molar-refractivity contribution in [3.63, 3.8) is 0 Å². The van der Waals surface area contributed by atoms with E-state index in [4.69, 9.17) is 4.18 Å². The van der Waals surface area contributed by atoms with Crippen molar-refractivity contribution in [1.29, 1.82) is 0 Å². The van der Waals surface area contributed by atoms with Crippen LogP contribution in [-0.2, 0) is 20.7 Å². The highest BCUT2D eigenvalue weighted by Gasteiger charge is 2.16. The second-order valence-electron chi connectivity index (χ2n) is 6.69. The van der Waals surface area contributed by atoms with Crippen molar-refractivity contribution in [2.45, 2.75) is 17.6 Å². The molecule has 0 fully saturated rings. The number of thioether (sulfide) groups is 1.